The van der Waals surface area contributed by atoms with Crippen molar-refractivity contribution < 1.29 is 9.59 Å². The molecule has 0 spiro atoms. The molecule has 4 rings (SSSR count). The summed E-state index contributed by atoms with van der Waals surface area (Å²) >= 11 is 0. The summed E-state index contributed by atoms with van der Waals surface area (Å²) in [5.74, 6) is -0.127. The topological polar surface area (TPSA) is 61.4 Å². The van der Waals surface area contributed by atoms with Crippen molar-refractivity contribution in [3.05, 3.63) is 94.5 Å². The summed E-state index contributed by atoms with van der Waals surface area (Å²) < 4.78 is 0. The van der Waals surface area contributed by atoms with E-state index in [1.54, 1.807) is 0 Å². The Bertz CT molecular complexity index is 1150. The number of hydrogen-bond acceptors (Lipinski definition) is 3. The van der Waals surface area contributed by atoms with E-state index in [0.29, 0.717) is 23.7 Å². The number of carbonyl (C=O) groups excluding carboxylic acids is 2. The Morgan fingerprint density at radius 3 is 2.27 bits per heavy atom. The van der Waals surface area contributed by atoms with Gasteiger partial charge in [-0.15, -0.1) is 0 Å². The van der Waals surface area contributed by atoms with Crippen LogP contribution >= 0.6 is 0 Å². The van der Waals surface area contributed by atoms with Crippen molar-refractivity contribution in [2.45, 2.75) is 38.9 Å². The monoisotopic (exact) mass is 441 g/mol. The van der Waals surface area contributed by atoms with Gasteiger partial charge in [-0.1, -0.05) is 42.5 Å². The van der Waals surface area contributed by atoms with Crippen LogP contribution < -0.4 is 10.6 Å². The van der Waals surface area contributed by atoms with E-state index in [1.807, 2.05) is 75.6 Å². The highest BCUT2D eigenvalue weighted by atomic mass is 16.2. The van der Waals surface area contributed by atoms with Crippen molar-refractivity contribution in [2.75, 3.05) is 14.1 Å². The van der Waals surface area contributed by atoms with Crippen molar-refractivity contribution in [2.24, 2.45) is 0 Å². The quantitative estimate of drug-likeness (QED) is 0.539. The molecule has 0 atom stereocenters. The Balaban J connectivity index is 1.42. The molecule has 1 aliphatic rings. The molecular formula is C28H31N3O2. The van der Waals surface area contributed by atoms with Gasteiger partial charge in [0.1, 0.15) is 0 Å². The molecule has 170 valence electrons. The molecule has 3 aromatic carbocycles. The van der Waals surface area contributed by atoms with Crippen LogP contribution in [0.5, 0.6) is 0 Å². The number of nitrogens with zero attached hydrogens (tertiary/aromatic N) is 1. The maximum Gasteiger partial charge on any atom is 0.251 e. The predicted octanol–water partition coefficient (Wildman–Crippen LogP) is 4.55. The fourth-order valence-corrected chi connectivity index (χ4v) is 3.86. The van der Waals surface area contributed by atoms with Crippen molar-refractivity contribution in [3.8, 4) is 11.1 Å². The second-order valence-electron chi connectivity index (χ2n) is 9.10. The highest BCUT2D eigenvalue weighted by Crippen LogP contribution is 2.26. The van der Waals surface area contributed by atoms with Gasteiger partial charge < -0.3 is 15.5 Å². The molecule has 2 amide bonds. The molecule has 1 fully saturated rings. The second-order valence-corrected chi connectivity index (χ2v) is 9.10. The Morgan fingerprint density at radius 2 is 1.58 bits per heavy atom. The third-order valence-electron chi connectivity index (χ3n) is 5.81. The molecule has 1 aliphatic carbocycles. The zero-order valence-corrected chi connectivity index (χ0v) is 19.5. The van der Waals surface area contributed by atoms with Gasteiger partial charge in [0, 0.05) is 30.3 Å². The van der Waals surface area contributed by atoms with Crippen LogP contribution in [0.15, 0.2) is 66.7 Å². The number of carbonyl (C=O) groups is 2. The first-order valence-corrected chi connectivity index (χ1v) is 11.4. The molecule has 0 bridgehead atoms. The van der Waals surface area contributed by atoms with Crippen molar-refractivity contribution in [1.82, 2.24) is 15.5 Å². The minimum atomic E-state index is -0.103. The maximum atomic E-state index is 12.7. The van der Waals surface area contributed by atoms with Crippen LogP contribution in [0.2, 0.25) is 0 Å². The first-order chi connectivity index (χ1) is 15.9. The van der Waals surface area contributed by atoms with Crippen molar-refractivity contribution >= 4 is 11.8 Å². The fraction of sp³-hybridized carbons (Fsp3) is 0.286. The summed E-state index contributed by atoms with van der Waals surface area (Å²) in [7, 11) is 4.08. The summed E-state index contributed by atoms with van der Waals surface area (Å²) in [6, 6.07) is 21.9. The molecule has 0 aliphatic heterocycles. The van der Waals surface area contributed by atoms with Gasteiger partial charge in [-0.3, -0.25) is 9.59 Å². The van der Waals surface area contributed by atoms with Crippen LogP contribution in [-0.2, 0) is 13.1 Å². The van der Waals surface area contributed by atoms with E-state index in [1.165, 1.54) is 5.56 Å². The molecule has 33 heavy (non-hydrogen) atoms. The van der Waals surface area contributed by atoms with Crippen LogP contribution in [0.1, 0.15) is 50.2 Å². The van der Waals surface area contributed by atoms with Gasteiger partial charge in [-0.25, -0.2) is 0 Å². The highest BCUT2D eigenvalue weighted by Gasteiger charge is 2.24. The van der Waals surface area contributed by atoms with E-state index in [9.17, 15) is 9.59 Å². The summed E-state index contributed by atoms with van der Waals surface area (Å²) in [5.41, 5.74) is 6.66. The predicted molar refractivity (Wildman–Crippen MR) is 132 cm³/mol. The molecule has 3 aromatic rings. The largest absolute Gasteiger partial charge is 0.349 e. The summed E-state index contributed by atoms with van der Waals surface area (Å²) in [6.45, 7) is 3.38. The second kappa shape index (κ2) is 10.0. The standard InChI is InChI=1S/C28H31N3O2/c1-19-7-8-24(28(33)30-25-13-14-25)16-26(19)22-9-11-23(12-10-22)27(32)29-17-20-5-4-6-21(15-20)18-31(2)3/h4-12,15-16,25H,13-14,17-18H2,1-3H3,(H,29,32)(H,30,33). The Hall–Kier alpha value is -3.44. The summed E-state index contributed by atoms with van der Waals surface area (Å²) in [5, 5.41) is 6.05. The SMILES string of the molecule is Cc1ccc(C(=O)NC2CC2)cc1-c1ccc(C(=O)NCc2cccc(CN(C)C)c2)cc1. The van der Waals surface area contributed by atoms with E-state index < -0.39 is 0 Å². The van der Waals surface area contributed by atoms with E-state index in [-0.39, 0.29) is 11.8 Å². The number of nitrogens with one attached hydrogen (secondary N) is 2. The Labute approximate surface area is 195 Å². The molecule has 5 nitrogen and oxygen atoms in total. The van der Waals surface area contributed by atoms with Crippen LogP contribution in [0.25, 0.3) is 11.1 Å². The zero-order chi connectivity index (χ0) is 23.4. The number of rotatable bonds is 8. The van der Waals surface area contributed by atoms with Crippen LogP contribution in [-0.4, -0.2) is 36.9 Å². The average molecular weight is 442 g/mol. The zero-order valence-electron chi connectivity index (χ0n) is 19.5. The Kier molecular flexibility index (Phi) is 6.90. The highest BCUT2D eigenvalue weighted by molar-refractivity contribution is 5.97. The van der Waals surface area contributed by atoms with E-state index in [2.05, 4.69) is 27.7 Å². The lowest BCUT2D eigenvalue weighted by Gasteiger charge is -2.12. The number of hydrogen-bond donors (Lipinski definition) is 2. The smallest absolute Gasteiger partial charge is 0.251 e. The van der Waals surface area contributed by atoms with E-state index in [0.717, 1.165) is 41.6 Å². The first kappa shape index (κ1) is 22.7. The van der Waals surface area contributed by atoms with Gasteiger partial charge >= 0.3 is 0 Å². The molecule has 0 radical (unpaired) electrons. The maximum absolute atomic E-state index is 12.7. The van der Waals surface area contributed by atoms with Crippen LogP contribution in [0.4, 0.5) is 0 Å². The molecular weight excluding hydrogens is 410 g/mol. The minimum Gasteiger partial charge on any atom is -0.349 e. The lowest BCUT2D eigenvalue weighted by atomic mass is 9.97. The van der Waals surface area contributed by atoms with Crippen molar-refractivity contribution in [1.29, 1.82) is 0 Å². The molecule has 0 heterocycles. The molecule has 0 aromatic heterocycles. The first-order valence-electron chi connectivity index (χ1n) is 11.4. The Morgan fingerprint density at radius 1 is 0.879 bits per heavy atom. The summed E-state index contributed by atoms with van der Waals surface area (Å²) in [4.78, 5) is 27.2. The van der Waals surface area contributed by atoms with Gasteiger partial charge in [0.15, 0.2) is 0 Å². The van der Waals surface area contributed by atoms with Gasteiger partial charge in [0.2, 0.25) is 0 Å². The van der Waals surface area contributed by atoms with E-state index in [4.69, 9.17) is 0 Å². The lowest BCUT2D eigenvalue weighted by molar-refractivity contribution is 0.0943. The van der Waals surface area contributed by atoms with Crippen LogP contribution in [0, 0.1) is 6.92 Å². The number of benzene rings is 3. The third-order valence-corrected chi connectivity index (χ3v) is 5.81. The van der Waals surface area contributed by atoms with Gasteiger partial charge in [0.05, 0.1) is 0 Å². The number of amides is 2. The third kappa shape index (κ3) is 6.08. The summed E-state index contributed by atoms with van der Waals surface area (Å²) in [6.07, 6.45) is 2.13. The molecule has 0 unspecified atom stereocenters. The van der Waals surface area contributed by atoms with Gasteiger partial charge in [-0.2, -0.15) is 0 Å². The minimum absolute atomic E-state index is 0.0237. The van der Waals surface area contributed by atoms with Gasteiger partial charge in [-0.05, 0) is 85.9 Å². The van der Waals surface area contributed by atoms with Crippen LogP contribution in [0.3, 0.4) is 0 Å². The van der Waals surface area contributed by atoms with Crippen molar-refractivity contribution in [3.63, 3.8) is 0 Å². The lowest BCUT2D eigenvalue weighted by Crippen LogP contribution is -2.25. The van der Waals surface area contributed by atoms with Gasteiger partial charge in [0.25, 0.3) is 11.8 Å². The normalized spacial score (nSPS) is 13.1. The number of aryl methyl sites for hydroxylation is 1. The molecule has 2 N–H and O–H groups in total. The fourth-order valence-electron chi connectivity index (χ4n) is 3.86. The molecule has 5 heteroatoms. The molecule has 0 saturated heterocycles. The molecule has 1 saturated carbocycles. The van der Waals surface area contributed by atoms with E-state index >= 15 is 0 Å². The average Bonchev–Trinajstić information content (AvgIpc) is 3.62.